The first-order chi connectivity index (χ1) is 20.8. The van der Waals surface area contributed by atoms with E-state index in [-0.39, 0.29) is 32.7 Å². The molecule has 0 aliphatic heterocycles. The van der Waals surface area contributed by atoms with Crippen molar-refractivity contribution in [2.45, 2.75) is 25.5 Å². The monoisotopic (exact) mass is 818 g/mol. The number of nitrogens with zero attached hydrogens (tertiary/aromatic N) is 1. The fourth-order valence-electron chi connectivity index (χ4n) is 3.62. The van der Waals surface area contributed by atoms with Gasteiger partial charge in [-0.2, -0.15) is 0 Å². The molecule has 43 heavy (non-hydrogen) atoms. The van der Waals surface area contributed by atoms with Crippen molar-refractivity contribution in [3.8, 4) is 0 Å². The van der Waals surface area contributed by atoms with Crippen molar-refractivity contribution in [2.24, 2.45) is 0 Å². The highest BCUT2D eigenvalue weighted by molar-refractivity contribution is 14.1. The molecule has 0 radical (unpaired) electrons. The third-order valence-corrected chi connectivity index (χ3v) is 6.67. The molecular formula is C30H36I2N4O7. The van der Waals surface area contributed by atoms with Crippen LogP contribution in [0.5, 0.6) is 0 Å². The highest BCUT2D eigenvalue weighted by Gasteiger charge is 2.23. The lowest BCUT2D eigenvalue weighted by molar-refractivity contribution is -0.146. The molecular weight excluding hydrogens is 782 g/mol. The fraction of sp³-hybridized carbons (Fsp3) is 0.333. The highest BCUT2D eigenvalue weighted by Crippen LogP contribution is 2.19. The van der Waals surface area contributed by atoms with E-state index in [0.717, 1.165) is 27.6 Å². The number of amides is 3. The Hall–Kier alpha value is -3.34. The number of urea groups is 1. The van der Waals surface area contributed by atoms with Crippen LogP contribution in [0.1, 0.15) is 18.4 Å². The zero-order chi connectivity index (χ0) is 31.5. The van der Waals surface area contributed by atoms with Gasteiger partial charge in [0.25, 0.3) is 0 Å². The van der Waals surface area contributed by atoms with Crippen molar-refractivity contribution < 1.29 is 33.4 Å². The Labute approximate surface area is 279 Å². The number of carbonyl (C=O) groups is 4. The molecule has 0 fully saturated rings. The topological polar surface area (TPSA) is 135 Å². The second kappa shape index (κ2) is 20.5. The summed E-state index contributed by atoms with van der Waals surface area (Å²) in [5, 5.41) is 7.87. The number of halogens is 2. The van der Waals surface area contributed by atoms with E-state index >= 15 is 0 Å². The molecule has 0 saturated heterocycles. The molecule has 0 bridgehead atoms. The molecule has 3 N–H and O–H groups in total. The predicted octanol–water partition coefficient (Wildman–Crippen LogP) is 5.84. The van der Waals surface area contributed by atoms with Crippen LogP contribution in [-0.4, -0.2) is 65.3 Å². The van der Waals surface area contributed by atoms with Gasteiger partial charge in [-0.25, -0.2) is 14.4 Å². The molecule has 232 valence electrons. The molecule has 1 atom stereocenters. The summed E-state index contributed by atoms with van der Waals surface area (Å²) in [6, 6.07) is 12.5. The molecule has 0 heterocycles. The number of carbonyl (C=O) groups excluding carboxylic acids is 4. The van der Waals surface area contributed by atoms with Crippen molar-refractivity contribution in [3.05, 3.63) is 79.4 Å². The number of ether oxygens (including phenoxy) is 3. The fourth-order valence-corrected chi connectivity index (χ4v) is 4.78. The SMILES string of the molecule is C=CCOC(=O)CC[C@H](NC(=O)Nc1ccc(COC(=O)Nc2ccc(N(CCI)CCI)cc2)cc1)C(=O)OCC=C. The molecule has 0 saturated carbocycles. The van der Waals surface area contributed by atoms with Crippen LogP contribution >= 0.6 is 45.2 Å². The third kappa shape index (κ3) is 14.1. The number of anilines is 3. The van der Waals surface area contributed by atoms with Gasteiger partial charge in [-0.3, -0.25) is 10.1 Å². The van der Waals surface area contributed by atoms with E-state index in [1.54, 1.807) is 24.3 Å². The Bertz CT molecular complexity index is 1200. The second-order valence-corrected chi connectivity index (χ2v) is 11.0. The van der Waals surface area contributed by atoms with E-state index < -0.39 is 30.1 Å². The number of hydrogen-bond acceptors (Lipinski definition) is 8. The molecule has 13 heteroatoms. The van der Waals surface area contributed by atoms with E-state index in [9.17, 15) is 19.2 Å². The summed E-state index contributed by atoms with van der Waals surface area (Å²) in [7, 11) is 0. The number of nitrogens with one attached hydrogen (secondary N) is 3. The highest BCUT2D eigenvalue weighted by atomic mass is 127. The molecule has 0 aliphatic rings. The minimum absolute atomic E-state index is 0.0164. The van der Waals surface area contributed by atoms with Crippen LogP contribution in [-0.2, 0) is 30.4 Å². The smallest absolute Gasteiger partial charge is 0.411 e. The van der Waals surface area contributed by atoms with Crippen molar-refractivity contribution in [1.29, 1.82) is 0 Å². The molecule has 0 unspecified atom stereocenters. The molecule has 11 nitrogen and oxygen atoms in total. The summed E-state index contributed by atoms with van der Waals surface area (Å²) < 4.78 is 17.3. The van der Waals surface area contributed by atoms with E-state index in [2.05, 4.69) is 79.2 Å². The molecule has 0 spiro atoms. The number of rotatable bonds is 18. The van der Waals surface area contributed by atoms with Crippen LogP contribution < -0.4 is 20.9 Å². The van der Waals surface area contributed by atoms with E-state index in [4.69, 9.17) is 14.2 Å². The van der Waals surface area contributed by atoms with Crippen molar-refractivity contribution in [2.75, 3.05) is 50.7 Å². The quantitative estimate of drug-likeness (QED) is 0.0562. The Morgan fingerprint density at radius 2 is 1.40 bits per heavy atom. The van der Waals surface area contributed by atoms with Gasteiger partial charge in [0.2, 0.25) is 0 Å². The first-order valence-corrected chi connectivity index (χ1v) is 16.5. The Morgan fingerprint density at radius 1 is 0.814 bits per heavy atom. The van der Waals surface area contributed by atoms with Crippen molar-refractivity contribution >= 4 is 86.3 Å². The molecule has 0 aliphatic carbocycles. The summed E-state index contributed by atoms with van der Waals surface area (Å²) in [6.45, 7) is 8.91. The first kappa shape index (κ1) is 35.9. The van der Waals surface area contributed by atoms with Gasteiger partial charge in [0.1, 0.15) is 25.9 Å². The standard InChI is InChI=1S/C30H36I2N4O7/c1-3-19-41-27(37)14-13-26(28(38)42-20-4-2)35-29(39)33-23-7-5-22(6-8-23)21-43-30(40)34-24-9-11-25(12-10-24)36(17-15-31)18-16-32/h3-12,26H,1-2,13-21H2,(H,34,40)(H2,33,35,39)/t26-/m0/s1. The Morgan fingerprint density at radius 3 is 2.00 bits per heavy atom. The van der Waals surface area contributed by atoms with Gasteiger partial charge < -0.3 is 29.7 Å². The maximum atomic E-state index is 12.6. The summed E-state index contributed by atoms with van der Waals surface area (Å²) >= 11 is 4.72. The van der Waals surface area contributed by atoms with Crippen LogP contribution in [0.15, 0.2) is 73.8 Å². The number of hydrogen-bond donors (Lipinski definition) is 3. The maximum absolute atomic E-state index is 12.6. The van der Waals surface area contributed by atoms with Gasteiger partial charge in [0.05, 0.1) is 0 Å². The number of esters is 2. The van der Waals surface area contributed by atoms with Gasteiger partial charge in [0, 0.05) is 45.4 Å². The third-order valence-electron chi connectivity index (χ3n) is 5.70. The minimum atomic E-state index is -1.08. The van der Waals surface area contributed by atoms with E-state index in [1.807, 2.05) is 24.3 Å². The number of alkyl halides is 2. The largest absolute Gasteiger partial charge is 0.461 e. The minimum Gasteiger partial charge on any atom is -0.461 e. The zero-order valence-electron chi connectivity index (χ0n) is 23.7. The van der Waals surface area contributed by atoms with Crippen LogP contribution in [0.25, 0.3) is 0 Å². The predicted molar refractivity (Wildman–Crippen MR) is 184 cm³/mol. The Kier molecular flexibility index (Phi) is 17.1. The van der Waals surface area contributed by atoms with Crippen LogP contribution in [0, 0.1) is 0 Å². The molecule has 0 aromatic heterocycles. The van der Waals surface area contributed by atoms with E-state index in [1.165, 1.54) is 12.2 Å². The average molecular weight is 818 g/mol. The van der Waals surface area contributed by atoms with Gasteiger partial charge in [0.15, 0.2) is 0 Å². The summed E-state index contributed by atoms with van der Waals surface area (Å²) in [6.07, 6.45) is 2.12. The summed E-state index contributed by atoms with van der Waals surface area (Å²) in [5.74, 6) is -1.24. The zero-order valence-corrected chi connectivity index (χ0v) is 28.0. The second-order valence-electron chi connectivity index (χ2n) is 8.89. The molecule has 2 aromatic carbocycles. The molecule has 2 aromatic rings. The first-order valence-electron chi connectivity index (χ1n) is 13.4. The molecule has 3 amide bonds. The van der Waals surface area contributed by atoms with E-state index in [0.29, 0.717) is 16.9 Å². The van der Waals surface area contributed by atoms with Gasteiger partial charge in [-0.05, 0) is 48.4 Å². The maximum Gasteiger partial charge on any atom is 0.411 e. The van der Waals surface area contributed by atoms with Crippen LogP contribution in [0.3, 0.4) is 0 Å². The lowest BCUT2D eigenvalue weighted by Gasteiger charge is -2.23. The normalized spacial score (nSPS) is 10.9. The van der Waals surface area contributed by atoms with Gasteiger partial charge in [-0.15, -0.1) is 0 Å². The average Bonchev–Trinajstić information content (AvgIpc) is 3.00. The lowest BCUT2D eigenvalue weighted by Crippen LogP contribution is -2.44. The van der Waals surface area contributed by atoms with Crippen molar-refractivity contribution in [3.63, 3.8) is 0 Å². The molecule has 2 rings (SSSR count). The van der Waals surface area contributed by atoms with Crippen LogP contribution in [0.2, 0.25) is 0 Å². The summed E-state index contributed by atoms with van der Waals surface area (Å²) in [5.41, 5.74) is 2.87. The number of benzene rings is 2. The lowest BCUT2D eigenvalue weighted by atomic mass is 10.1. The van der Waals surface area contributed by atoms with Gasteiger partial charge in [-0.1, -0.05) is 82.6 Å². The van der Waals surface area contributed by atoms with Crippen molar-refractivity contribution in [1.82, 2.24) is 5.32 Å². The Balaban J connectivity index is 1.85. The van der Waals surface area contributed by atoms with Gasteiger partial charge >= 0.3 is 24.1 Å². The van der Waals surface area contributed by atoms with Crippen LogP contribution in [0.4, 0.5) is 26.7 Å². The summed E-state index contributed by atoms with van der Waals surface area (Å²) in [4.78, 5) is 51.3.